The molecule has 0 aliphatic carbocycles. The van der Waals surface area contributed by atoms with Crippen molar-refractivity contribution in [3.8, 4) is 11.8 Å². The Balaban J connectivity index is 3.07. The molecule has 0 saturated heterocycles. The van der Waals surface area contributed by atoms with Gasteiger partial charge < -0.3 is 15.3 Å². The maximum atomic E-state index is 11.0. The normalized spacial score (nSPS) is 13.9. The molecule has 16 heavy (non-hydrogen) atoms. The fourth-order valence-electron chi connectivity index (χ4n) is 1.28. The summed E-state index contributed by atoms with van der Waals surface area (Å²) in [6.45, 7) is 1.30. The summed E-state index contributed by atoms with van der Waals surface area (Å²) < 4.78 is 0. The van der Waals surface area contributed by atoms with Crippen LogP contribution in [-0.2, 0) is 0 Å². The van der Waals surface area contributed by atoms with Crippen molar-refractivity contribution in [2.45, 2.75) is 19.1 Å². The van der Waals surface area contributed by atoms with Gasteiger partial charge in [-0.15, -0.1) is 0 Å². The van der Waals surface area contributed by atoms with Gasteiger partial charge in [0, 0.05) is 0 Å². The minimum absolute atomic E-state index is 0.127. The predicted octanol–water partition coefficient (Wildman–Crippen LogP) is 0.513. The number of aliphatic hydroxyl groups is 2. The third-order valence-corrected chi connectivity index (χ3v) is 2.17. The molecule has 0 heterocycles. The number of aliphatic hydroxyl groups excluding tert-OH is 2. The van der Waals surface area contributed by atoms with Crippen LogP contribution in [0.15, 0.2) is 18.2 Å². The minimum atomic E-state index is -1.57. The lowest BCUT2D eigenvalue weighted by Gasteiger charge is -2.12. The summed E-state index contributed by atoms with van der Waals surface area (Å²) in [5.41, 5.74) is 0.305. The number of hydrogen-bond acceptors (Lipinski definition) is 5. The molecule has 0 aliphatic heterocycles. The molecule has 0 spiro atoms. The molecule has 0 bridgehead atoms. The fraction of sp³-hybridized carbons (Fsp3) is 0.273. The summed E-state index contributed by atoms with van der Waals surface area (Å²) in [4.78, 5) is 11.0. The van der Waals surface area contributed by atoms with E-state index in [4.69, 9.17) is 10.4 Å². The lowest BCUT2D eigenvalue weighted by Crippen LogP contribution is -2.15. The van der Waals surface area contributed by atoms with Gasteiger partial charge in [-0.25, -0.2) is 0 Å². The minimum Gasteiger partial charge on any atom is -0.507 e. The molecular weight excluding hydrogens is 210 g/mol. The monoisotopic (exact) mass is 221 g/mol. The average Bonchev–Trinajstić information content (AvgIpc) is 2.26. The first-order valence-corrected chi connectivity index (χ1v) is 4.57. The second kappa shape index (κ2) is 4.75. The number of nitriles is 1. The SMILES string of the molecule is CC(=O)c1ccc(C(O)C(O)C#N)cc1O. The van der Waals surface area contributed by atoms with Crippen molar-refractivity contribution in [3.63, 3.8) is 0 Å². The number of phenols is 1. The van der Waals surface area contributed by atoms with E-state index in [1.54, 1.807) is 0 Å². The van der Waals surface area contributed by atoms with E-state index < -0.39 is 12.2 Å². The summed E-state index contributed by atoms with van der Waals surface area (Å²) in [5, 5.41) is 36.4. The van der Waals surface area contributed by atoms with E-state index in [-0.39, 0.29) is 22.7 Å². The summed E-state index contributed by atoms with van der Waals surface area (Å²) >= 11 is 0. The predicted molar refractivity (Wildman–Crippen MR) is 54.7 cm³/mol. The van der Waals surface area contributed by atoms with E-state index >= 15 is 0 Å². The molecule has 0 fully saturated rings. The standard InChI is InChI=1S/C11H11NO4/c1-6(13)8-3-2-7(4-9(8)14)11(16)10(15)5-12/h2-4,10-11,14-16H,1H3. The maximum absolute atomic E-state index is 11.0. The van der Waals surface area contributed by atoms with Gasteiger partial charge in [0.05, 0.1) is 11.6 Å². The third-order valence-electron chi connectivity index (χ3n) is 2.17. The van der Waals surface area contributed by atoms with Gasteiger partial charge in [0.15, 0.2) is 11.9 Å². The Labute approximate surface area is 92.2 Å². The van der Waals surface area contributed by atoms with Gasteiger partial charge in [-0.3, -0.25) is 4.79 Å². The first-order valence-electron chi connectivity index (χ1n) is 4.57. The zero-order valence-electron chi connectivity index (χ0n) is 8.58. The number of carbonyl (C=O) groups is 1. The Morgan fingerprint density at radius 1 is 1.44 bits per heavy atom. The molecule has 0 saturated carbocycles. The number of phenolic OH excluding ortho intramolecular Hbond substituents is 1. The van der Waals surface area contributed by atoms with Crippen LogP contribution in [0.3, 0.4) is 0 Å². The summed E-state index contributed by atoms with van der Waals surface area (Å²) in [6, 6.07) is 5.34. The van der Waals surface area contributed by atoms with Gasteiger partial charge in [0.25, 0.3) is 0 Å². The fourth-order valence-corrected chi connectivity index (χ4v) is 1.28. The van der Waals surface area contributed by atoms with Crippen LogP contribution in [-0.4, -0.2) is 27.2 Å². The lowest BCUT2D eigenvalue weighted by molar-refractivity contribution is 0.0526. The van der Waals surface area contributed by atoms with Gasteiger partial charge in [-0.1, -0.05) is 6.07 Å². The van der Waals surface area contributed by atoms with Gasteiger partial charge >= 0.3 is 0 Å². The Bertz CT molecular complexity index is 450. The number of carbonyl (C=O) groups excluding carboxylic acids is 1. The number of nitrogens with zero attached hydrogens (tertiary/aromatic N) is 1. The number of hydrogen-bond donors (Lipinski definition) is 3. The van der Waals surface area contributed by atoms with Crippen LogP contribution >= 0.6 is 0 Å². The van der Waals surface area contributed by atoms with Crippen LogP contribution in [0.5, 0.6) is 5.75 Å². The van der Waals surface area contributed by atoms with Crippen molar-refractivity contribution < 1.29 is 20.1 Å². The molecule has 5 heteroatoms. The highest BCUT2D eigenvalue weighted by Gasteiger charge is 2.19. The third kappa shape index (κ3) is 2.37. The molecule has 84 valence electrons. The highest BCUT2D eigenvalue weighted by Crippen LogP contribution is 2.24. The number of rotatable bonds is 3. The number of ketones is 1. The molecule has 0 radical (unpaired) electrons. The first-order chi connectivity index (χ1) is 7.47. The molecule has 1 rings (SSSR count). The second-order valence-electron chi connectivity index (χ2n) is 3.35. The first kappa shape index (κ1) is 12.2. The zero-order valence-corrected chi connectivity index (χ0v) is 8.58. The smallest absolute Gasteiger partial charge is 0.170 e. The van der Waals surface area contributed by atoms with Crippen LogP contribution in [0.2, 0.25) is 0 Å². The summed E-state index contributed by atoms with van der Waals surface area (Å²) in [7, 11) is 0. The van der Waals surface area contributed by atoms with Crippen molar-refractivity contribution in [1.29, 1.82) is 5.26 Å². The average molecular weight is 221 g/mol. The quantitative estimate of drug-likeness (QED) is 0.510. The van der Waals surface area contributed by atoms with Crippen LogP contribution in [0.1, 0.15) is 28.9 Å². The molecule has 1 aromatic carbocycles. The highest BCUT2D eigenvalue weighted by atomic mass is 16.3. The van der Waals surface area contributed by atoms with Crippen LogP contribution in [0, 0.1) is 11.3 Å². The molecule has 0 aromatic heterocycles. The van der Waals surface area contributed by atoms with Gasteiger partial charge in [0.1, 0.15) is 11.9 Å². The topological polar surface area (TPSA) is 102 Å². The molecule has 2 unspecified atom stereocenters. The van der Waals surface area contributed by atoms with Crippen LogP contribution < -0.4 is 0 Å². The second-order valence-corrected chi connectivity index (χ2v) is 3.35. The molecule has 0 aliphatic rings. The molecule has 3 N–H and O–H groups in total. The number of Topliss-reactive ketones (excluding diaryl/α,β-unsaturated/α-hetero) is 1. The van der Waals surface area contributed by atoms with Crippen molar-refractivity contribution in [2.75, 3.05) is 0 Å². The van der Waals surface area contributed by atoms with Crippen molar-refractivity contribution in [2.24, 2.45) is 0 Å². The summed E-state index contributed by atoms with van der Waals surface area (Å²) in [5.74, 6) is -0.589. The zero-order chi connectivity index (χ0) is 12.3. The van der Waals surface area contributed by atoms with E-state index in [1.165, 1.54) is 25.1 Å². The molecule has 1 aromatic rings. The van der Waals surface area contributed by atoms with E-state index in [1.807, 2.05) is 0 Å². The van der Waals surface area contributed by atoms with Crippen molar-refractivity contribution in [3.05, 3.63) is 29.3 Å². The Hall–Kier alpha value is -1.90. The molecule has 0 amide bonds. The van der Waals surface area contributed by atoms with E-state index in [0.717, 1.165) is 6.07 Å². The lowest BCUT2D eigenvalue weighted by atomic mass is 10.0. The highest BCUT2D eigenvalue weighted by molar-refractivity contribution is 5.96. The van der Waals surface area contributed by atoms with Crippen LogP contribution in [0.4, 0.5) is 0 Å². The van der Waals surface area contributed by atoms with E-state index in [2.05, 4.69) is 0 Å². The number of aromatic hydroxyl groups is 1. The van der Waals surface area contributed by atoms with E-state index in [0.29, 0.717) is 0 Å². The molecule has 5 nitrogen and oxygen atoms in total. The van der Waals surface area contributed by atoms with Gasteiger partial charge in [-0.2, -0.15) is 5.26 Å². The van der Waals surface area contributed by atoms with Gasteiger partial charge in [0.2, 0.25) is 0 Å². The maximum Gasteiger partial charge on any atom is 0.170 e. The van der Waals surface area contributed by atoms with E-state index in [9.17, 15) is 15.0 Å². The Kier molecular flexibility index (Phi) is 3.61. The molecular formula is C11H11NO4. The number of benzene rings is 1. The largest absolute Gasteiger partial charge is 0.507 e. The van der Waals surface area contributed by atoms with Crippen LogP contribution in [0.25, 0.3) is 0 Å². The molecule has 2 atom stereocenters. The van der Waals surface area contributed by atoms with Crippen molar-refractivity contribution in [1.82, 2.24) is 0 Å². The Morgan fingerprint density at radius 2 is 2.06 bits per heavy atom. The summed E-state index contributed by atoms with van der Waals surface area (Å²) in [6.07, 6.45) is -2.97. The van der Waals surface area contributed by atoms with Gasteiger partial charge in [-0.05, 0) is 24.6 Å². The Morgan fingerprint density at radius 3 is 2.50 bits per heavy atom. The van der Waals surface area contributed by atoms with Crippen molar-refractivity contribution >= 4 is 5.78 Å².